The topological polar surface area (TPSA) is 177 Å². The predicted octanol–water partition coefficient (Wildman–Crippen LogP) is 0.419. The molecule has 0 atom stereocenters. The summed E-state index contributed by atoms with van der Waals surface area (Å²) in [5, 5.41) is 19.1. The summed E-state index contributed by atoms with van der Waals surface area (Å²) >= 11 is 0. The van der Waals surface area contributed by atoms with Gasteiger partial charge in [-0.2, -0.15) is 0 Å². The van der Waals surface area contributed by atoms with Crippen molar-refractivity contribution in [1.82, 2.24) is 20.7 Å². The number of hydrogen-bond acceptors (Lipinski definition) is 8. The second-order valence-corrected chi connectivity index (χ2v) is 10.2. The van der Waals surface area contributed by atoms with Gasteiger partial charge in [-0.1, -0.05) is 17.7 Å². The maximum Gasteiger partial charge on any atom is 0.293 e. The minimum atomic E-state index is -3.75. The van der Waals surface area contributed by atoms with Crippen molar-refractivity contribution in [3.8, 4) is 0 Å². The number of aryl methyl sites for hydroxylation is 1. The normalized spacial score (nSPS) is 15.0. The highest BCUT2D eigenvalue weighted by Crippen LogP contribution is 2.20. The summed E-state index contributed by atoms with van der Waals surface area (Å²) in [4.78, 5) is 48.6. The van der Waals surface area contributed by atoms with Gasteiger partial charge in [-0.05, 0) is 57.1 Å². The fourth-order valence-corrected chi connectivity index (χ4v) is 4.77. The van der Waals surface area contributed by atoms with Gasteiger partial charge in [0, 0.05) is 30.8 Å². The first-order valence-electron chi connectivity index (χ1n) is 11.2. The van der Waals surface area contributed by atoms with Gasteiger partial charge >= 0.3 is 0 Å². The summed E-state index contributed by atoms with van der Waals surface area (Å²) < 4.78 is 27.2. The zero-order valence-electron chi connectivity index (χ0n) is 19.6. The maximum absolute atomic E-state index is 13.0. The largest absolute Gasteiger partial charge is 0.353 e. The number of benzene rings is 2. The van der Waals surface area contributed by atoms with Crippen molar-refractivity contribution < 1.29 is 27.7 Å². The fraction of sp³-hybridized carbons (Fsp3) is 0.348. The van der Waals surface area contributed by atoms with Crippen LogP contribution in [0.25, 0.3) is 0 Å². The first-order chi connectivity index (χ1) is 17.0. The first kappa shape index (κ1) is 26.9. The molecule has 4 N–H and O–H groups in total. The molecule has 36 heavy (non-hydrogen) atoms. The lowest BCUT2D eigenvalue weighted by Crippen LogP contribution is -2.64. The van der Waals surface area contributed by atoms with E-state index in [4.69, 9.17) is 0 Å². The van der Waals surface area contributed by atoms with Gasteiger partial charge in [-0.15, -0.1) is 0 Å². The Labute approximate surface area is 208 Å². The maximum atomic E-state index is 13.0. The molecular formula is C23H27N5O7S. The Kier molecular flexibility index (Phi) is 8.50. The van der Waals surface area contributed by atoms with E-state index in [1.165, 1.54) is 24.3 Å². The van der Waals surface area contributed by atoms with Crippen LogP contribution in [0.15, 0.2) is 53.4 Å². The van der Waals surface area contributed by atoms with Crippen molar-refractivity contribution in [3.63, 3.8) is 0 Å². The Balaban J connectivity index is 1.61. The Morgan fingerprint density at radius 2 is 1.61 bits per heavy atom. The number of piperidine rings is 1. The number of nitro groups is 1. The number of nitrogens with one attached hydrogen (secondary N) is 4. The van der Waals surface area contributed by atoms with E-state index in [1.54, 1.807) is 12.1 Å². The quantitative estimate of drug-likeness (QED) is 0.115. The van der Waals surface area contributed by atoms with Crippen molar-refractivity contribution in [2.24, 2.45) is 0 Å². The van der Waals surface area contributed by atoms with E-state index in [0.29, 0.717) is 13.1 Å². The number of ketones is 1. The lowest BCUT2D eigenvalue weighted by Gasteiger charge is -2.36. The molecule has 13 heteroatoms. The molecule has 1 aliphatic heterocycles. The summed E-state index contributed by atoms with van der Waals surface area (Å²) in [5.74, 6) is -2.48. The second-order valence-electron chi connectivity index (χ2n) is 8.39. The number of non-ortho nitro benzene ring substituents is 1. The highest BCUT2D eigenvalue weighted by Gasteiger charge is 2.42. The SMILES string of the molecule is Cc1ccc(S(=O)(=O)NCCNC(=O)C2(NC(=O)C(=O)c3ccc([N+](=O)[O-])cc3)CCNCC2)cc1. The standard InChI is InChI=1S/C23H27N5O7S/c1-16-2-8-19(9-3-16)36(34,35)26-15-14-25-22(31)23(10-12-24-13-11-23)27-21(30)20(29)17-4-6-18(7-5-17)28(32)33/h2-9,24,26H,10-15H2,1H3,(H,25,31)(H,27,30). The molecule has 0 saturated carbocycles. The molecule has 2 aromatic carbocycles. The number of nitro benzene ring substituents is 1. The Morgan fingerprint density at radius 3 is 2.19 bits per heavy atom. The lowest BCUT2D eigenvalue weighted by atomic mass is 9.86. The molecule has 3 rings (SSSR count). The van der Waals surface area contributed by atoms with Gasteiger partial charge in [0.2, 0.25) is 21.7 Å². The summed E-state index contributed by atoms with van der Waals surface area (Å²) in [5.41, 5.74) is -0.718. The fourth-order valence-electron chi connectivity index (χ4n) is 3.73. The molecule has 0 aromatic heterocycles. The summed E-state index contributed by atoms with van der Waals surface area (Å²) in [6.07, 6.45) is 0.431. The van der Waals surface area contributed by atoms with Crippen molar-refractivity contribution >= 4 is 33.3 Å². The molecule has 192 valence electrons. The van der Waals surface area contributed by atoms with Crippen LogP contribution in [0.4, 0.5) is 5.69 Å². The molecular weight excluding hydrogens is 490 g/mol. The average Bonchev–Trinajstić information content (AvgIpc) is 2.86. The van der Waals surface area contributed by atoms with Crippen molar-refractivity contribution in [3.05, 3.63) is 69.8 Å². The number of rotatable bonds is 10. The Hall–Kier alpha value is -3.68. The molecule has 1 heterocycles. The van der Waals surface area contributed by atoms with E-state index in [0.717, 1.165) is 17.7 Å². The van der Waals surface area contributed by atoms with Crippen LogP contribution in [0.5, 0.6) is 0 Å². The minimum absolute atomic E-state index is 0.0364. The monoisotopic (exact) mass is 517 g/mol. The summed E-state index contributed by atoms with van der Waals surface area (Å²) in [6, 6.07) is 10.9. The zero-order chi connectivity index (χ0) is 26.3. The van der Waals surface area contributed by atoms with E-state index in [-0.39, 0.29) is 42.1 Å². The molecule has 0 bridgehead atoms. The van der Waals surface area contributed by atoms with Gasteiger partial charge in [-0.3, -0.25) is 24.5 Å². The molecule has 0 radical (unpaired) electrons. The van der Waals surface area contributed by atoms with E-state index in [1.807, 2.05) is 6.92 Å². The third-order valence-corrected chi connectivity index (χ3v) is 7.30. The third kappa shape index (κ3) is 6.50. The van der Waals surface area contributed by atoms with Gasteiger partial charge in [0.25, 0.3) is 11.6 Å². The van der Waals surface area contributed by atoms with Crippen LogP contribution < -0.4 is 20.7 Å². The molecule has 0 spiro atoms. The molecule has 1 saturated heterocycles. The highest BCUT2D eigenvalue weighted by atomic mass is 32.2. The molecule has 12 nitrogen and oxygen atoms in total. The van der Waals surface area contributed by atoms with E-state index < -0.39 is 38.1 Å². The number of hydrogen-bond donors (Lipinski definition) is 4. The van der Waals surface area contributed by atoms with Crippen LogP contribution in [0, 0.1) is 17.0 Å². The number of Topliss-reactive ketones (excluding diaryl/α,β-unsaturated/α-hetero) is 1. The molecule has 0 unspecified atom stereocenters. The van der Waals surface area contributed by atoms with Gasteiger partial charge in [-0.25, -0.2) is 13.1 Å². The van der Waals surface area contributed by atoms with Crippen LogP contribution in [0.2, 0.25) is 0 Å². The Morgan fingerprint density at radius 1 is 1.00 bits per heavy atom. The van der Waals surface area contributed by atoms with Gasteiger partial charge in [0.15, 0.2) is 0 Å². The van der Waals surface area contributed by atoms with Crippen molar-refractivity contribution in [2.45, 2.75) is 30.2 Å². The number of sulfonamides is 1. The van der Waals surface area contributed by atoms with Gasteiger partial charge in [0.05, 0.1) is 9.82 Å². The smallest absolute Gasteiger partial charge is 0.293 e. The van der Waals surface area contributed by atoms with Crippen LogP contribution in [0.3, 0.4) is 0 Å². The number of nitrogens with zero attached hydrogens (tertiary/aromatic N) is 1. The van der Waals surface area contributed by atoms with Crippen LogP contribution >= 0.6 is 0 Å². The highest BCUT2D eigenvalue weighted by molar-refractivity contribution is 7.89. The second kappa shape index (κ2) is 11.4. The summed E-state index contributed by atoms with van der Waals surface area (Å²) in [7, 11) is -3.75. The van der Waals surface area contributed by atoms with Crippen LogP contribution in [-0.4, -0.2) is 62.7 Å². The van der Waals surface area contributed by atoms with E-state index in [9.17, 15) is 32.9 Å². The molecule has 2 amide bonds. The number of carbonyl (C=O) groups excluding carboxylic acids is 3. The third-order valence-electron chi connectivity index (χ3n) is 5.83. The van der Waals surface area contributed by atoms with Gasteiger partial charge < -0.3 is 16.0 Å². The lowest BCUT2D eigenvalue weighted by molar-refractivity contribution is -0.384. The van der Waals surface area contributed by atoms with Crippen LogP contribution in [-0.2, 0) is 19.6 Å². The van der Waals surface area contributed by atoms with E-state index >= 15 is 0 Å². The zero-order valence-corrected chi connectivity index (χ0v) is 20.4. The number of amides is 2. The number of carbonyl (C=O) groups is 3. The summed E-state index contributed by atoms with van der Waals surface area (Å²) in [6.45, 7) is 2.56. The minimum Gasteiger partial charge on any atom is -0.353 e. The molecule has 1 aliphatic rings. The average molecular weight is 518 g/mol. The van der Waals surface area contributed by atoms with Crippen molar-refractivity contribution in [1.29, 1.82) is 0 Å². The molecule has 1 fully saturated rings. The molecule has 2 aromatic rings. The van der Waals surface area contributed by atoms with Crippen LogP contribution in [0.1, 0.15) is 28.8 Å². The Bertz CT molecular complexity index is 1240. The van der Waals surface area contributed by atoms with Crippen molar-refractivity contribution in [2.75, 3.05) is 26.2 Å². The van der Waals surface area contributed by atoms with E-state index in [2.05, 4.69) is 20.7 Å². The molecule has 0 aliphatic carbocycles. The van der Waals surface area contributed by atoms with Gasteiger partial charge in [0.1, 0.15) is 5.54 Å². The predicted molar refractivity (Wildman–Crippen MR) is 130 cm³/mol. The first-order valence-corrected chi connectivity index (χ1v) is 12.7.